The molecular formula is C12H18N2O3. The summed E-state index contributed by atoms with van der Waals surface area (Å²) in [5.74, 6) is -0.816. The van der Waals surface area contributed by atoms with E-state index in [0.717, 1.165) is 25.7 Å². The topological polar surface area (TPSA) is 75.3 Å². The molecule has 0 aromatic rings. The lowest BCUT2D eigenvalue weighted by molar-refractivity contribution is -0.156. The van der Waals surface area contributed by atoms with Crippen LogP contribution in [0.3, 0.4) is 0 Å². The molecule has 0 bridgehead atoms. The molecule has 2 unspecified atom stereocenters. The van der Waals surface area contributed by atoms with Gasteiger partial charge in [-0.2, -0.15) is 0 Å². The van der Waals surface area contributed by atoms with Crippen LogP contribution in [0, 0.1) is 17.3 Å². The second-order valence-electron chi connectivity index (χ2n) is 5.04. The standard InChI is InChI=1S/C12H18N2O3/c1-3-8-6-4-5-7(2)12(8)9(15)13-11(17)14-10(12)16/h7-8H,3-6H2,1-2H3,(H2,13,14,15,16,17). The first-order chi connectivity index (χ1) is 8.03. The summed E-state index contributed by atoms with van der Waals surface area (Å²) < 4.78 is 0. The zero-order valence-electron chi connectivity index (χ0n) is 10.2. The molecule has 2 atom stereocenters. The fourth-order valence-electron chi connectivity index (χ4n) is 3.42. The van der Waals surface area contributed by atoms with Crippen molar-refractivity contribution in [2.24, 2.45) is 17.3 Å². The van der Waals surface area contributed by atoms with Crippen LogP contribution in [0.25, 0.3) is 0 Å². The van der Waals surface area contributed by atoms with E-state index < -0.39 is 23.3 Å². The van der Waals surface area contributed by atoms with Crippen molar-refractivity contribution in [3.63, 3.8) is 0 Å². The molecule has 2 rings (SSSR count). The number of nitrogens with one attached hydrogen (secondary N) is 2. The minimum atomic E-state index is -1.04. The number of barbiturate groups is 1. The Balaban J connectivity index is 2.44. The third kappa shape index (κ3) is 1.56. The summed E-state index contributed by atoms with van der Waals surface area (Å²) in [4.78, 5) is 35.5. The number of carbonyl (C=O) groups excluding carboxylic acids is 3. The van der Waals surface area contributed by atoms with Crippen LogP contribution in [-0.4, -0.2) is 17.8 Å². The summed E-state index contributed by atoms with van der Waals surface area (Å²) in [5, 5.41) is 4.51. The molecule has 1 heterocycles. The van der Waals surface area contributed by atoms with Crippen molar-refractivity contribution in [1.29, 1.82) is 0 Å². The third-order valence-electron chi connectivity index (χ3n) is 4.31. The van der Waals surface area contributed by atoms with Crippen molar-refractivity contribution in [2.75, 3.05) is 0 Å². The lowest BCUT2D eigenvalue weighted by Gasteiger charge is -2.46. The maximum atomic E-state index is 12.2. The van der Waals surface area contributed by atoms with Crippen LogP contribution in [0.15, 0.2) is 0 Å². The van der Waals surface area contributed by atoms with Gasteiger partial charge in [-0.05, 0) is 24.7 Å². The predicted octanol–water partition coefficient (Wildman–Crippen LogP) is 1.18. The van der Waals surface area contributed by atoms with Crippen molar-refractivity contribution >= 4 is 17.8 Å². The number of carbonyl (C=O) groups is 3. The van der Waals surface area contributed by atoms with E-state index in [0.29, 0.717) is 0 Å². The molecule has 0 radical (unpaired) electrons. The zero-order valence-corrected chi connectivity index (χ0v) is 10.2. The Bertz CT molecular complexity index is 358. The van der Waals surface area contributed by atoms with Crippen LogP contribution < -0.4 is 10.6 Å². The summed E-state index contributed by atoms with van der Waals surface area (Å²) in [5.41, 5.74) is -1.04. The maximum absolute atomic E-state index is 12.2. The van der Waals surface area contributed by atoms with E-state index >= 15 is 0 Å². The quantitative estimate of drug-likeness (QED) is 0.674. The summed E-state index contributed by atoms with van der Waals surface area (Å²) in [6.07, 6.45) is 3.54. The van der Waals surface area contributed by atoms with E-state index in [1.807, 2.05) is 13.8 Å². The van der Waals surface area contributed by atoms with Gasteiger partial charge in [-0.3, -0.25) is 20.2 Å². The molecule has 1 saturated heterocycles. The summed E-state index contributed by atoms with van der Waals surface area (Å²) >= 11 is 0. The highest BCUT2D eigenvalue weighted by molar-refractivity contribution is 6.19. The average Bonchev–Trinajstić information content (AvgIpc) is 2.26. The van der Waals surface area contributed by atoms with Gasteiger partial charge in [0, 0.05) is 0 Å². The molecule has 0 aromatic heterocycles. The normalized spacial score (nSPS) is 32.2. The third-order valence-corrected chi connectivity index (χ3v) is 4.31. The van der Waals surface area contributed by atoms with Gasteiger partial charge < -0.3 is 0 Å². The van der Waals surface area contributed by atoms with Gasteiger partial charge in [0.15, 0.2) is 0 Å². The minimum absolute atomic E-state index is 0.0192. The first kappa shape index (κ1) is 12.1. The maximum Gasteiger partial charge on any atom is 0.328 e. The predicted molar refractivity (Wildman–Crippen MR) is 60.9 cm³/mol. The molecule has 0 aromatic carbocycles. The Morgan fingerprint density at radius 1 is 1.18 bits per heavy atom. The molecular weight excluding hydrogens is 220 g/mol. The number of rotatable bonds is 1. The summed E-state index contributed by atoms with van der Waals surface area (Å²) in [6.45, 7) is 3.91. The molecule has 1 spiro atoms. The Kier molecular flexibility index (Phi) is 2.93. The largest absolute Gasteiger partial charge is 0.328 e. The molecule has 2 N–H and O–H groups in total. The molecule has 1 saturated carbocycles. The fraction of sp³-hybridized carbons (Fsp3) is 0.750. The van der Waals surface area contributed by atoms with Crippen LogP contribution in [0.2, 0.25) is 0 Å². The smallest absolute Gasteiger partial charge is 0.277 e. The van der Waals surface area contributed by atoms with Crippen LogP contribution in [0.1, 0.15) is 39.5 Å². The second kappa shape index (κ2) is 4.13. The number of urea groups is 1. The molecule has 2 fully saturated rings. The van der Waals surface area contributed by atoms with Crippen molar-refractivity contribution in [3.05, 3.63) is 0 Å². The van der Waals surface area contributed by atoms with E-state index in [4.69, 9.17) is 0 Å². The van der Waals surface area contributed by atoms with Gasteiger partial charge in [0.1, 0.15) is 5.41 Å². The van der Waals surface area contributed by atoms with E-state index in [-0.39, 0.29) is 11.8 Å². The lowest BCUT2D eigenvalue weighted by atomic mass is 9.58. The summed E-state index contributed by atoms with van der Waals surface area (Å²) in [7, 11) is 0. The van der Waals surface area contributed by atoms with Crippen molar-refractivity contribution in [2.45, 2.75) is 39.5 Å². The Morgan fingerprint density at radius 3 is 2.29 bits per heavy atom. The lowest BCUT2D eigenvalue weighted by Crippen LogP contribution is -2.67. The van der Waals surface area contributed by atoms with E-state index in [2.05, 4.69) is 10.6 Å². The highest BCUT2D eigenvalue weighted by Crippen LogP contribution is 2.48. The Morgan fingerprint density at radius 2 is 1.76 bits per heavy atom. The fourth-order valence-corrected chi connectivity index (χ4v) is 3.42. The number of imide groups is 2. The highest BCUT2D eigenvalue weighted by atomic mass is 16.2. The monoisotopic (exact) mass is 238 g/mol. The van der Waals surface area contributed by atoms with Crippen LogP contribution in [0.4, 0.5) is 4.79 Å². The van der Waals surface area contributed by atoms with E-state index in [1.165, 1.54) is 0 Å². The molecule has 1 aliphatic heterocycles. The van der Waals surface area contributed by atoms with Gasteiger partial charge in [0.2, 0.25) is 11.8 Å². The van der Waals surface area contributed by atoms with Gasteiger partial charge in [-0.1, -0.05) is 26.7 Å². The minimum Gasteiger partial charge on any atom is -0.277 e. The van der Waals surface area contributed by atoms with Gasteiger partial charge in [0.05, 0.1) is 0 Å². The highest BCUT2D eigenvalue weighted by Gasteiger charge is 2.59. The molecule has 5 heteroatoms. The van der Waals surface area contributed by atoms with Gasteiger partial charge in [0.25, 0.3) is 0 Å². The molecule has 94 valence electrons. The SMILES string of the molecule is CCC1CCCC(C)C12C(=O)NC(=O)NC2=O. The Labute approximate surface area is 100 Å². The number of amides is 4. The molecule has 17 heavy (non-hydrogen) atoms. The molecule has 1 aliphatic carbocycles. The first-order valence-corrected chi connectivity index (χ1v) is 6.20. The molecule has 2 aliphatic rings. The van der Waals surface area contributed by atoms with Crippen molar-refractivity contribution < 1.29 is 14.4 Å². The number of hydrogen-bond acceptors (Lipinski definition) is 3. The molecule has 4 amide bonds. The second-order valence-corrected chi connectivity index (χ2v) is 5.04. The van der Waals surface area contributed by atoms with Crippen molar-refractivity contribution in [3.8, 4) is 0 Å². The Hall–Kier alpha value is -1.39. The van der Waals surface area contributed by atoms with Crippen LogP contribution in [0.5, 0.6) is 0 Å². The van der Waals surface area contributed by atoms with Crippen LogP contribution >= 0.6 is 0 Å². The van der Waals surface area contributed by atoms with E-state index in [9.17, 15) is 14.4 Å². The number of hydrogen-bond donors (Lipinski definition) is 2. The van der Waals surface area contributed by atoms with Crippen molar-refractivity contribution in [1.82, 2.24) is 10.6 Å². The molecule has 5 nitrogen and oxygen atoms in total. The zero-order chi connectivity index (χ0) is 12.6. The first-order valence-electron chi connectivity index (χ1n) is 6.20. The average molecular weight is 238 g/mol. The van der Waals surface area contributed by atoms with Gasteiger partial charge in [-0.15, -0.1) is 0 Å². The van der Waals surface area contributed by atoms with Gasteiger partial charge >= 0.3 is 6.03 Å². The summed E-state index contributed by atoms with van der Waals surface area (Å²) in [6, 6.07) is -0.696. The van der Waals surface area contributed by atoms with Crippen LogP contribution in [-0.2, 0) is 9.59 Å². The van der Waals surface area contributed by atoms with Gasteiger partial charge in [-0.25, -0.2) is 4.79 Å². The van der Waals surface area contributed by atoms with E-state index in [1.54, 1.807) is 0 Å².